The molecule has 1 heterocycles. The van der Waals surface area contributed by atoms with Gasteiger partial charge in [0.25, 0.3) is 0 Å². The van der Waals surface area contributed by atoms with Gasteiger partial charge in [0.15, 0.2) is 11.0 Å². The molecule has 2 N–H and O–H groups in total. The number of benzene rings is 3. The van der Waals surface area contributed by atoms with Crippen LogP contribution in [0.1, 0.15) is 22.5 Å². The third kappa shape index (κ3) is 5.43. The minimum atomic E-state index is -0.131. The second-order valence-corrected chi connectivity index (χ2v) is 9.29. The monoisotopic (exact) mass is 491 g/mol. The Hall–Kier alpha value is -3.29. The number of rotatable bonds is 8. The van der Waals surface area contributed by atoms with Gasteiger partial charge in [-0.15, -0.1) is 10.2 Å². The Balaban J connectivity index is 1.52. The molecule has 0 saturated carbocycles. The van der Waals surface area contributed by atoms with Crippen molar-refractivity contribution >= 4 is 40.6 Å². The van der Waals surface area contributed by atoms with E-state index in [0.717, 1.165) is 22.8 Å². The van der Waals surface area contributed by atoms with E-state index in [1.165, 1.54) is 22.9 Å². The number of hydrogen-bond acceptors (Lipinski definition) is 5. The van der Waals surface area contributed by atoms with Crippen molar-refractivity contribution in [2.45, 2.75) is 32.5 Å². The molecule has 8 heteroatoms. The van der Waals surface area contributed by atoms with Gasteiger partial charge in [0.1, 0.15) is 0 Å². The van der Waals surface area contributed by atoms with Crippen LogP contribution in [0.4, 0.5) is 11.4 Å². The third-order valence-corrected chi connectivity index (χ3v) is 6.83. The lowest BCUT2D eigenvalue weighted by atomic mass is 10.1. The molecule has 0 bridgehead atoms. The van der Waals surface area contributed by atoms with Crippen LogP contribution in [-0.4, -0.2) is 26.4 Å². The maximum Gasteiger partial charge on any atom is 0.234 e. The Morgan fingerprint density at radius 3 is 2.38 bits per heavy atom. The van der Waals surface area contributed by atoms with E-state index in [0.29, 0.717) is 22.4 Å². The predicted octanol–water partition coefficient (Wildman–Crippen LogP) is 6.19. The summed E-state index contributed by atoms with van der Waals surface area (Å²) in [5, 5.41) is 16.5. The molecule has 1 aromatic heterocycles. The zero-order chi connectivity index (χ0) is 24.1. The molecular formula is C26H26ClN5OS. The lowest BCUT2D eigenvalue weighted by Crippen LogP contribution is -2.15. The lowest BCUT2D eigenvalue weighted by molar-refractivity contribution is -0.113. The molecule has 34 heavy (non-hydrogen) atoms. The number of aryl methyl sites for hydroxylation is 2. The fourth-order valence-corrected chi connectivity index (χ4v) is 4.61. The van der Waals surface area contributed by atoms with Crippen molar-refractivity contribution in [1.29, 1.82) is 0 Å². The van der Waals surface area contributed by atoms with E-state index >= 15 is 0 Å². The van der Waals surface area contributed by atoms with Gasteiger partial charge in [-0.25, -0.2) is 0 Å². The number of nitrogens with one attached hydrogen (secondary N) is 2. The number of carbonyl (C=O) groups excluding carboxylic acids is 1. The number of para-hydroxylation sites is 2. The summed E-state index contributed by atoms with van der Waals surface area (Å²) in [5.74, 6) is 0.831. The molecule has 0 fully saturated rings. The molecule has 0 aliphatic heterocycles. The van der Waals surface area contributed by atoms with Gasteiger partial charge in [-0.2, -0.15) is 0 Å². The SMILES string of the molecule is Cc1cccc(C)c1NCc1nnc(SCC(=O)Nc2cccc(Cl)c2C)n1-c1ccccc1. The fourth-order valence-electron chi connectivity index (χ4n) is 3.66. The van der Waals surface area contributed by atoms with Crippen molar-refractivity contribution in [3.8, 4) is 5.69 Å². The Bertz CT molecular complexity index is 1290. The van der Waals surface area contributed by atoms with Crippen molar-refractivity contribution < 1.29 is 4.79 Å². The summed E-state index contributed by atoms with van der Waals surface area (Å²) in [6.07, 6.45) is 0. The standard InChI is InChI=1S/C26H26ClN5OS/c1-17-9-7-10-18(2)25(17)28-15-23-30-31-26(32(23)20-11-5-4-6-12-20)34-16-24(33)29-22-14-8-13-21(27)19(22)3/h4-14,28H,15-16H2,1-3H3,(H,29,33). The van der Waals surface area contributed by atoms with E-state index in [9.17, 15) is 4.79 Å². The number of amides is 1. The van der Waals surface area contributed by atoms with Crippen LogP contribution in [0.3, 0.4) is 0 Å². The molecule has 4 rings (SSSR count). The average Bonchev–Trinajstić information content (AvgIpc) is 3.24. The Labute approximate surface area is 208 Å². The normalized spacial score (nSPS) is 10.8. The Morgan fingerprint density at radius 2 is 1.65 bits per heavy atom. The van der Waals surface area contributed by atoms with Gasteiger partial charge in [0, 0.05) is 22.1 Å². The first-order valence-electron chi connectivity index (χ1n) is 10.9. The summed E-state index contributed by atoms with van der Waals surface area (Å²) >= 11 is 7.52. The molecule has 1 amide bonds. The van der Waals surface area contributed by atoms with Gasteiger partial charge in [0.05, 0.1) is 12.3 Å². The number of halogens is 1. The predicted molar refractivity (Wildman–Crippen MR) is 140 cm³/mol. The van der Waals surface area contributed by atoms with Crippen molar-refractivity contribution in [2.75, 3.05) is 16.4 Å². The minimum Gasteiger partial charge on any atom is -0.377 e. The van der Waals surface area contributed by atoms with Gasteiger partial charge < -0.3 is 10.6 Å². The van der Waals surface area contributed by atoms with Gasteiger partial charge in [-0.1, -0.05) is 65.8 Å². The fraction of sp³-hybridized carbons (Fsp3) is 0.192. The molecular weight excluding hydrogens is 466 g/mol. The largest absolute Gasteiger partial charge is 0.377 e. The summed E-state index contributed by atoms with van der Waals surface area (Å²) in [6.45, 7) is 6.55. The summed E-state index contributed by atoms with van der Waals surface area (Å²) in [7, 11) is 0. The number of hydrogen-bond donors (Lipinski definition) is 2. The molecule has 6 nitrogen and oxygen atoms in total. The molecule has 0 spiro atoms. The van der Waals surface area contributed by atoms with Gasteiger partial charge in [0.2, 0.25) is 5.91 Å². The highest BCUT2D eigenvalue weighted by Crippen LogP contribution is 2.26. The first-order valence-corrected chi connectivity index (χ1v) is 12.3. The topological polar surface area (TPSA) is 71.8 Å². The molecule has 0 unspecified atom stereocenters. The number of nitrogens with zero attached hydrogens (tertiary/aromatic N) is 3. The van der Waals surface area contributed by atoms with Crippen molar-refractivity contribution in [1.82, 2.24) is 14.8 Å². The molecule has 4 aromatic rings. The highest BCUT2D eigenvalue weighted by atomic mass is 35.5. The molecule has 0 aliphatic rings. The third-order valence-electron chi connectivity index (χ3n) is 5.49. The van der Waals surface area contributed by atoms with Gasteiger partial charge in [-0.05, 0) is 61.7 Å². The molecule has 0 aliphatic carbocycles. The summed E-state index contributed by atoms with van der Waals surface area (Å²) < 4.78 is 1.99. The van der Waals surface area contributed by atoms with E-state index in [2.05, 4.69) is 46.8 Å². The van der Waals surface area contributed by atoms with E-state index in [1.807, 2.05) is 60.0 Å². The number of carbonyl (C=O) groups is 1. The smallest absolute Gasteiger partial charge is 0.234 e. The van der Waals surface area contributed by atoms with Crippen LogP contribution in [0.15, 0.2) is 71.9 Å². The van der Waals surface area contributed by atoms with Crippen molar-refractivity contribution in [3.05, 3.63) is 94.3 Å². The molecule has 0 atom stereocenters. The molecule has 174 valence electrons. The minimum absolute atomic E-state index is 0.131. The van der Waals surface area contributed by atoms with E-state index in [1.54, 1.807) is 6.07 Å². The number of thioether (sulfide) groups is 1. The van der Waals surface area contributed by atoms with Crippen LogP contribution < -0.4 is 10.6 Å². The van der Waals surface area contributed by atoms with Crippen molar-refractivity contribution in [2.24, 2.45) is 0 Å². The Kier molecular flexibility index (Phi) is 7.55. The van der Waals surface area contributed by atoms with Gasteiger partial charge in [-0.3, -0.25) is 9.36 Å². The van der Waals surface area contributed by atoms with E-state index < -0.39 is 0 Å². The van der Waals surface area contributed by atoms with Crippen LogP contribution >= 0.6 is 23.4 Å². The molecule has 3 aromatic carbocycles. The maximum atomic E-state index is 12.6. The van der Waals surface area contributed by atoms with Crippen LogP contribution in [-0.2, 0) is 11.3 Å². The molecule has 0 saturated heterocycles. The zero-order valence-corrected chi connectivity index (χ0v) is 20.9. The highest BCUT2D eigenvalue weighted by Gasteiger charge is 2.17. The van der Waals surface area contributed by atoms with Crippen LogP contribution in [0, 0.1) is 20.8 Å². The van der Waals surface area contributed by atoms with Crippen LogP contribution in [0.25, 0.3) is 5.69 Å². The second-order valence-electron chi connectivity index (χ2n) is 7.94. The first kappa shape index (κ1) is 23.9. The van der Waals surface area contributed by atoms with E-state index in [4.69, 9.17) is 11.6 Å². The maximum absolute atomic E-state index is 12.6. The van der Waals surface area contributed by atoms with Crippen molar-refractivity contribution in [3.63, 3.8) is 0 Å². The Morgan fingerprint density at radius 1 is 0.941 bits per heavy atom. The van der Waals surface area contributed by atoms with E-state index in [-0.39, 0.29) is 11.7 Å². The lowest BCUT2D eigenvalue weighted by Gasteiger charge is -2.14. The number of anilines is 2. The first-order chi connectivity index (χ1) is 16.4. The van der Waals surface area contributed by atoms with Crippen LogP contribution in [0.5, 0.6) is 0 Å². The number of aromatic nitrogens is 3. The second kappa shape index (κ2) is 10.8. The zero-order valence-electron chi connectivity index (χ0n) is 19.3. The highest BCUT2D eigenvalue weighted by molar-refractivity contribution is 7.99. The summed E-state index contributed by atoms with van der Waals surface area (Å²) in [4.78, 5) is 12.6. The molecule has 0 radical (unpaired) electrons. The summed E-state index contributed by atoms with van der Waals surface area (Å²) in [6, 6.07) is 21.6. The average molecular weight is 492 g/mol. The quantitative estimate of drug-likeness (QED) is 0.287. The van der Waals surface area contributed by atoms with Crippen LogP contribution in [0.2, 0.25) is 5.02 Å². The van der Waals surface area contributed by atoms with Gasteiger partial charge >= 0.3 is 0 Å². The summed E-state index contributed by atoms with van der Waals surface area (Å²) in [5.41, 5.74) is 5.94.